The van der Waals surface area contributed by atoms with Crippen molar-refractivity contribution in [3.63, 3.8) is 0 Å². The zero-order valence-corrected chi connectivity index (χ0v) is 10.0. The lowest BCUT2D eigenvalue weighted by Crippen LogP contribution is -2.19. The van der Waals surface area contributed by atoms with Gasteiger partial charge in [-0.15, -0.1) is 0 Å². The molecule has 0 heterocycles. The van der Waals surface area contributed by atoms with E-state index in [1.165, 1.54) is 42.4 Å². The lowest BCUT2D eigenvalue weighted by Gasteiger charge is -2.16. The smallest absolute Gasteiger partial charge is 0.313 e. The predicted molar refractivity (Wildman–Crippen MR) is 66.0 cm³/mol. The highest BCUT2D eigenvalue weighted by molar-refractivity contribution is 6.62. The van der Waals surface area contributed by atoms with Crippen molar-refractivity contribution in [2.45, 2.75) is 32.1 Å². The summed E-state index contributed by atoms with van der Waals surface area (Å²) in [5.41, 5.74) is 4.27. The van der Waals surface area contributed by atoms with Gasteiger partial charge in [0.15, 0.2) is 0 Å². The molecule has 3 heteroatoms. The quantitative estimate of drug-likeness (QED) is 0.635. The average Bonchev–Trinajstić information content (AvgIpc) is 2.28. The fraction of sp³-hybridized carbons (Fsp3) is 0.462. The second kappa shape index (κ2) is 5.35. The number of benzene rings is 1. The van der Waals surface area contributed by atoms with Crippen molar-refractivity contribution in [1.29, 1.82) is 0 Å². The number of fused-ring (bicyclic) bond motifs is 1. The van der Waals surface area contributed by atoms with Gasteiger partial charge in [-0.2, -0.15) is 0 Å². The van der Waals surface area contributed by atoms with Gasteiger partial charge in [-0.05, 0) is 60.4 Å². The Morgan fingerprint density at radius 2 is 2.00 bits per heavy atom. The molecule has 1 aromatic rings. The molecule has 0 aromatic heterocycles. The van der Waals surface area contributed by atoms with Gasteiger partial charge in [0.1, 0.15) is 0 Å². The van der Waals surface area contributed by atoms with E-state index in [1.54, 1.807) is 0 Å². The minimum absolute atomic E-state index is 0.474. The van der Waals surface area contributed by atoms with Gasteiger partial charge in [0, 0.05) is 6.54 Å². The predicted octanol–water partition coefficient (Wildman–Crippen LogP) is 3.06. The SMILES string of the molecule is O=C(Cl)NCCc1ccc2c(c1)CCCC2. The number of hydrogen-bond acceptors (Lipinski definition) is 1. The van der Waals surface area contributed by atoms with Crippen molar-refractivity contribution < 1.29 is 4.79 Å². The van der Waals surface area contributed by atoms with E-state index in [4.69, 9.17) is 11.6 Å². The first-order valence-electron chi connectivity index (χ1n) is 5.80. The van der Waals surface area contributed by atoms with Crippen LogP contribution < -0.4 is 5.32 Å². The summed E-state index contributed by atoms with van der Waals surface area (Å²) in [5, 5.41) is 2.13. The average molecular weight is 238 g/mol. The van der Waals surface area contributed by atoms with E-state index in [1.807, 2.05) is 0 Å². The number of carbonyl (C=O) groups excluding carboxylic acids is 1. The molecule has 0 radical (unpaired) electrons. The van der Waals surface area contributed by atoms with E-state index >= 15 is 0 Å². The van der Waals surface area contributed by atoms with E-state index in [-0.39, 0.29) is 0 Å². The maximum Gasteiger partial charge on any atom is 0.313 e. The molecule has 0 fully saturated rings. The number of hydrogen-bond donors (Lipinski definition) is 1. The monoisotopic (exact) mass is 237 g/mol. The van der Waals surface area contributed by atoms with Gasteiger partial charge < -0.3 is 5.32 Å². The summed E-state index contributed by atoms with van der Waals surface area (Å²) >= 11 is 5.21. The first-order valence-corrected chi connectivity index (χ1v) is 6.17. The van der Waals surface area contributed by atoms with Crippen molar-refractivity contribution in [2.75, 3.05) is 6.54 Å². The summed E-state index contributed by atoms with van der Waals surface area (Å²) < 4.78 is 0. The largest absolute Gasteiger partial charge is 0.342 e. The maximum absolute atomic E-state index is 10.5. The first kappa shape index (κ1) is 11.5. The molecule has 2 nitrogen and oxygen atoms in total. The Bertz CT molecular complexity index is 390. The van der Waals surface area contributed by atoms with Crippen LogP contribution in [-0.2, 0) is 19.3 Å². The third kappa shape index (κ3) is 2.99. The van der Waals surface area contributed by atoms with Gasteiger partial charge in [-0.3, -0.25) is 4.79 Å². The third-order valence-electron chi connectivity index (χ3n) is 3.09. The Hall–Kier alpha value is -1.02. The van der Waals surface area contributed by atoms with Crippen LogP contribution in [0.5, 0.6) is 0 Å². The van der Waals surface area contributed by atoms with E-state index in [2.05, 4.69) is 23.5 Å². The standard InChI is InChI=1S/C13H16ClNO/c14-13(16)15-8-7-10-5-6-11-3-1-2-4-12(11)9-10/h5-6,9H,1-4,7-8H2,(H,15,16). The summed E-state index contributed by atoms with van der Waals surface area (Å²) in [6, 6.07) is 6.66. The Morgan fingerprint density at radius 3 is 2.75 bits per heavy atom. The highest BCUT2D eigenvalue weighted by Gasteiger charge is 2.09. The van der Waals surface area contributed by atoms with Crippen molar-refractivity contribution in [2.24, 2.45) is 0 Å². The summed E-state index contributed by atoms with van der Waals surface area (Å²) in [6.45, 7) is 0.612. The van der Waals surface area contributed by atoms with Crippen LogP contribution in [0.3, 0.4) is 0 Å². The topological polar surface area (TPSA) is 29.1 Å². The van der Waals surface area contributed by atoms with Gasteiger partial charge in [0.25, 0.3) is 0 Å². The van der Waals surface area contributed by atoms with Gasteiger partial charge in [-0.25, -0.2) is 0 Å². The molecule has 16 heavy (non-hydrogen) atoms. The number of amides is 1. The van der Waals surface area contributed by atoms with Gasteiger partial charge in [-0.1, -0.05) is 18.2 Å². The Balaban J connectivity index is 1.97. The number of aryl methyl sites for hydroxylation is 2. The molecule has 86 valence electrons. The summed E-state index contributed by atoms with van der Waals surface area (Å²) in [4.78, 5) is 10.5. The van der Waals surface area contributed by atoms with Gasteiger partial charge in [0.2, 0.25) is 0 Å². The van der Waals surface area contributed by atoms with Crippen molar-refractivity contribution >= 4 is 17.0 Å². The zero-order valence-electron chi connectivity index (χ0n) is 9.26. The van der Waals surface area contributed by atoms with Crippen molar-refractivity contribution in [1.82, 2.24) is 5.32 Å². The molecule has 0 saturated heterocycles. The van der Waals surface area contributed by atoms with E-state index < -0.39 is 5.37 Å². The van der Waals surface area contributed by atoms with Crippen LogP contribution in [0.1, 0.15) is 29.5 Å². The molecule has 0 bridgehead atoms. The molecule has 1 amide bonds. The normalized spacial score (nSPS) is 14.3. The second-order valence-corrected chi connectivity index (χ2v) is 4.60. The molecule has 2 rings (SSSR count). The van der Waals surface area contributed by atoms with Crippen LogP contribution in [0.15, 0.2) is 18.2 Å². The van der Waals surface area contributed by atoms with Gasteiger partial charge >= 0.3 is 5.37 Å². The summed E-state index contributed by atoms with van der Waals surface area (Å²) in [6.07, 6.45) is 5.88. The van der Waals surface area contributed by atoms with Crippen LogP contribution in [0, 0.1) is 0 Å². The molecule has 0 saturated carbocycles. The highest BCUT2D eigenvalue weighted by atomic mass is 35.5. The fourth-order valence-electron chi connectivity index (χ4n) is 2.25. The fourth-order valence-corrected chi connectivity index (χ4v) is 2.34. The molecular weight excluding hydrogens is 222 g/mol. The molecule has 0 aliphatic heterocycles. The van der Waals surface area contributed by atoms with Crippen LogP contribution in [-0.4, -0.2) is 11.9 Å². The maximum atomic E-state index is 10.5. The van der Waals surface area contributed by atoms with E-state index in [0.29, 0.717) is 6.54 Å². The van der Waals surface area contributed by atoms with Crippen molar-refractivity contribution in [3.8, 4) is 0 Å². The molecular formula is C13H16ClNO. The third-order valence-corrected chi connectivity index (χ3v) is 3.22. The second-order valence-electron chi connectivity index (χ2n) is 4.26. The zero-order chi connectivity index (χ0) is 11.4. The van der Waals surface area contributed by atoms with Crippen LogP contribution >= 0.6 is 11.6 Å². The summed E-state index contributed by atoms with van der Waals surface area (Å²) in [5.74, 6) is 0. The minimum Gasteiger partial charge on any atom is -0.342 e. The first-order chi connectivity index (χ1) is 7.75. The number of halogens is 1. The number of nitrogens with one attached hydrogen (secondary N) is 1. The Morgan fingerprint density at radius 1 is 1.25 bits per heavy atom. The number of carbonyl (C=O) groups is 1. The Kier molecular flexibility index (Phi) is 3.83. The van der Waals surface area contributed by atoms with Crippen LogP contribution in [0.25, 0.3) is 0 Å². The minimum atomic E-state index is -0.474. The number of rotatable bonds is 3. The molecule has 0 atom stereocenters. The highest BCUT2D eigenvalue weighted by Crippen LogP contribution is 2.22. The van der Waals surface area contributed by atoms with Crippen molar-refractivity contribution in [3.05, 3.63) is 34.9 Å². The van der Waals surface area contributed by atoms with E-state index in [0.717, 1.165) is 6.42 Å². The Labute approximate surface area is 101 Å². The molecule has 1 aromatic carbocycles. The molecule has 0 unspecified atom stereocenters. The molecule has 1 aliphatic rings. The lowest BCUT2D eigenvalue weighted by molar-refractivity contribution is 0.260. The summed E-state index contributed by atoms with van der Waals surface area (Å²) in [7, 11) is 0. The van der Waals surface area contributed by atoms with Crippen LogP contribution in [0.4, 0.5) is 4.79 Å². The molecule has 1 N–H and O–H groups in total. The van der Waals surface area contributed by atoms with E-state index in [9.17, 15) is 4.79 Å². The molecule has 0 spiro atoms. The molecule has 1 aliphatic carbocycles. The van der Waals surface area contributed by atoms with Gasteiger partial charge in [0.05, 0.1) is 0 Å². The lowest BCUT2D eigenvalue weighted by atomic mass is 9.90. The van der Waals surface area contributed by atoms with Crippen LogP contribution in [0.2, 0.25) is 0 Å².